The lowest BCUT2D eigenvalue weighted by Crippen LogP contribution is -2.38. The van der Waals surface area contributed by atoms with Gasteiger partial charge in [-0.05, 0) is 68.7 Å². The number of nitrogens with zero attached hydrogens (tertiary/aromatic N) is 1. The van der Waals surface area contributed by atoms with Crippen LogP contribution < -0.4 is 10.1 Å². The normalized spacial score (nSPS) is 12.1. The zero-order chi connectivity index (χ0) is 27.3. The zero-order valence-corrected chi connectivity index (χ0v) is 22.8. The highest BCUT2D eigenvalue weighted by Crippen LogP contribution is 2.21. The van der Waals surface area contributed by atoms with Gasteiger partial charge in [-0.25, -0.2) is 18.4 Å². The fraction of sp³-hybridized carbons (Fsp3) is 0.481. The highest BCUT2D eigenvalue weighted by Gasteiger charge is 2.20. The van der Waals surface area contributed by atoms with Crippen molar-refractivity contribution in [3.8, 4) is 5.75 Å². The van der Waals surface area contributed by atoms with E-state index in [1.807, 2.05) is 12.1 Å². The number of urea groups is 1. The Morgan fingerprint density at radius 2 is 1.73 bits per heavy atom. The highest BCUT2D eigenvalue weighted by molar-refractivity contribution is 9.10. The summed E-state index contributed by atoms with van der Waals surface area (Å²) in [7, 11) is 0. The quantitative estimate of drug-likeness (QED) is 0.217. The first-order chi connectivity index (χ1) is 17.6. The van der Waals surface area contributed by atoms with E-state index in [1.54, 1.807) is 48.2 Å². The summed E-state index contributed by atoms with van der Waals surface area (Å²) in [5, 5.41) is 12.1. The largest absolute Gasteiger partial charge is 0.492 e. The lowest BCUT2D eigenvalue weighted by atomic mass is 10.1. The number of anilines is 1. The van der Waals surface area contributed by atoms with E-state index in [1.165, 1.54) is 0 Å². The third-order valence-corrected chi connectivity index (χ3v) is 6.07. The van der Waals surface area contributed by atoms with Crippen LogP contribution in [0.5, 0.6) is 5.75 Å². The molecule has 2 rings (SSSR count). The molecule has 7 nitrogen and oxygen atoms in total. The molecule has 1 atom stereocenters. The second kappa shape index (κ2) is 15.5. The Bertz CT molecular complexity index is 968. The minimum atomic E-state index is -2.68. The SMILES string of the molecule is CCOC(Cc1ccc(OCCN(CCCCCC(C)(F)F)C(=O)Nc2ccc(Br)cc2)cc1)C(=O)O. The number of carbonyl (C=O) groups excluding carboxylic acids is 1. The molecule has 2 aromatic rings. The number of aliphatic carboxylic acids is 1. The van der Waals surface area contributed by atoms with E-state index in [2.05, 4.69) is 21.2 Å². The van der Waals surface area contributed by atoms with Crippen molar-refractivity contribution in [3.63, 3.8) is 0 Å². The van der Waals surface area contributed by atoms with Crippen LogP contribution >= 0.6 is 15.9 Å². The summed E-state index contributed by atoms with van der Waals surface area (Å²) < 4.78 is 38.1. The molecule has 0 heterocycles. The summed E-state index contributed by atoms with van der Waals surface area (Å²) in [5.74, 6) is -3.10. The van der Waals surface area contributed by atoms with Gasteiger partial charge in [-0.15, -0.1) is 0 Å². The van der Waals surface area contributed by atoms with Gasteiger partial charge < -0.3 is 24.8 Å². The lowest BCUT2D eigenvalue weighted by molar-refractivity contribution is -0.149. The van der Waals surface area contributed by atoms with Gasteiger partial charge in [0.1, 0.15) is 12.4 Å². The van der Waals surface area contributed by atoms with Crippen molar-refractivity contribution >= 4 is 33.6 Å². The molecule has 204 valence electrons. The number of ether oxygens (including phenoxy) is 2. The van der Waals surface area contributed by atoms with Crippen LogP contribution in [0.25, 0.3) is 0 Å². The van der Waals surface area contributed by atoms with Crippen molar-refractivity contribution in [2.24, 2.45) is 0 Å². The van der Waals surface area contributed by atoms with Crippen LogP contribution in [0, 0.1) is 0 Å². The van der Waals surface area contributed by atoms with Crippen molar-refractivity contribution in [2.75, 3.05) is 31.6 Å². The van der Waals surface area contributed by atoms with Gasteiger partial charge >= 0.3 is 12.0 Å². The Morgan fingerprint density at radius 1 is 1.05 bits per heavy atom. The topological polar surface area (TPSA) is 88.1 Å². The summed E-state index contributed by atoms with van der Waals surface area (Å²) in [6.07, 6.45) is 0.751. The number of nitrogens with one attached hydrogen (secondary N) is 1. The number of halogens is 3. The predicted octanol–water partition coefficient (Wildman–Crippen LogP) is 6.61. The van der Waals surface area contributed by atoms with Crippen molar-refractivity contribution in [1.29, 1.82) is 0 Å². The average Bonchev–Trinajstić information content (AvgIpc) is 2.84. The third-order valence-electron chi connectivity index (χ3n) is 5.54. The van der Waals surface area contributed by atoms with Crippen LogP contribution in [0.2, 0.25) is 0 Å². The Morgan fingerprint density at radius 3 is 2.32 bits per heavy atom. The van der Waals surface area contributed by atoms with Gasteiger partial charge in [-0.3, -0.25) is 0 Å². The van der Waals surface area contributed by atoms with Gasteiger partial charge in [-0.1, -0.05) is 34.5 Å². The van der Waals surface area contributed by atoms with Crippen LogP contribution in [0.3, 0.4) is 0 Å². The molecular formula is C27H35BrF2N2O5. The van der Waals surface area contributed by atoms with E-state index in [4.69, 9.17) is 9.47 Å². The molecule has 0 spiro atoms. The fourth-order valence-corrected chi connectivity index (χ4v) is 3.86. The van der Waals surface area contributed by atoms with Crippen LogP contribution in [-0.2, 0) is 16.0 Å². The monoisotopic (exact) mass is 584 g/mol. The maximum atomic E-state index is 13.1. The highest BCUT2D eigenvalue weighted by atomic mass is 79.9. The van der Waals surface area contributed by atoms with Crippen molar-refractivity contribution < 1.29 is 33.0 Å². The van der Waals surface area contributed by atoms with Crippen molar-refractivity contribution in [3.05, 3.63) is 58.6 Å². The molecule has 0 radical (unpaired) electrons. The predicted molar refractivity (Wildman–Crippen MR) is 143 cm³/mol. The number of unbranched alkanes of at least 4 members (excludes halogenated alkanes) is 2. The Hall–Kier alpha value is -2.72. The lowest BCUT2D eigenvalue weighted by Gasteiger charge is -2.23. The molecule has 2 amide bonds. The standard InChI is InChI=1S/C27H35BrF2N2O5/c1-3-36-24(25(33)34)19-20-7-13-23(14-8-20)37-18-17-32(16-6-4-5-15-27(2,29)30)26(35)31-22-11-9-21(28)10-12-22/h7-14,24H,3-6,15-19H2,1-2H3,(H,31,35)(H,33,34). The van der Waals surface area contributed by atoms with Gasteiger partial charge in [0.15, 0.2) is 6.10 Å². The van der Waals surface area contributed by atoms with E-state index in [0.29, 0.717) is 50.4 Å². The summed E-state index contributed by atoms with van der Waals surface area (Å²) in [6.45, 7) is 3.93. The molecule has 2 N–H and O–H groups in total. The summed E-state index contributed by atoms with van der Waals surface area (Å²) in [5.41, 5.74) is 1.45. The van der Waals surface area contributed by atoms with E-state index in [-0.39, 0.29) is 25.5 Å². The molecule has 0 bridgehead atoms. The first kappa shape index (κ1) is 30.5. The van der Waals surface area contributed by atoms with E-state index >= 15 is 0 Å². The van der Waals surface area contributed by atoms with Gasteiger partial charge in [0.2, 0.25) is 5.92 Å². The number of carboxylic acids is 1. The van der Waals surface area contributed by atoms with E-state index < -0.39 is 18.0 Å². The fourth-order valence-electron chi connectivity index (χ4n) is 3.59. The number of carbonyl (C=O) groups is 2. The smallest absolute Gasteiger partial charge is 0.333 e. The minimum Gasteiger partial charge on any atom is -0.492 e. The van der Waals surface area contributed by atoms with Crippen molar-refractivity contribution in [1.82, 2.24) is 4.90 Å². The number of amides is 2. The first-order valence-corrected chi connectivity index (χ1v) is 13.1. The molecule has 0 aromatic heterocycles. The molecule has 10 heteroatoms. The molecule has 0 fully saturated rings. The number of hydrogen-bond donors (Lipinski definition) is 2. The first-order valence-electron chi connectivity index (χ1n) is 12.3. The number of rotatable bonds is 16. The maximum Gasteiger partial charge on any atom is 0.333 e. The molecule has 0 saturated carbocycles. The number of carboxylic acid groups (broad SMARTS) is 1. The Kier molecular flexibility index (Phi) is 12.8. The molecule has 37 heavy (non-hydrogen) atoms. The molecule has 0 saturated heterocycles. The summed E-state index contributed by atoms with van der Waals surface area (Å²) in [4.78, 5) is 25.8. The van der Waals surface area contributed by atoms with Gasteiger partial charge in [-0.2, -0.15) is 0 Å². The second-order valence-corrected chi connectivity index (χ2v) is 9.70. The second-order valence-electron chi connectivity index (χ2n) is 8.78. The molecule has 2 aromatic carbocycles. The zero-order valence-electron chi connectivity index (χ0n) is 21.2. The third kappa shape index (κ3) is 12.4. The van der Waals surface area contributed by atoms with Crippen LogP contribution in [0.4, 0.5) is 19.3 Å². The Labute approximate surface area is 225 Å². The maximum absolute atomic E-state index is 13.1. The summed E-state index contributed by atoms with van der Waals surface area (Å²) in [6, 6.07) is 14.0. The molecule has 0 aliphatic rings. The number of benzene rings is 2. The average molecular weight is 585 g/mol. The van der Waals surface area contributed by atoms with Gasteiger partial charge in [0, 0.05) is 36.2 Å². The van der Waals surface area contributed by atoms with E-state index in [0.717, 1.165) is 17.0 Å². The van der Waals surface area contributed by atoms with Crippen LogP contribution in [0.1, 0.15) is 45.1 Å². The van der Waals surface area contributed by atoms with E-state index in [9.17, 15) is 23.5 Å². The van der Waals surface area contributed by atoms with Crippen molar-refractivity contribution in [2.45, 2.75) is 58.0 Å². The van der Waals surface area contributed by atoms with Crippen LogP contribution in [-0.4, -0.2) is 60.3 Å². The molecule has 0 aliphatic heterocycles. The van der Waals surface area contributed by atoms with Crippen LogP contribution in [0.15, 0.2) is 53.0 Å². The Balaban J connectivity index is 1.90. The minimum absolute atomic E-state index is 0.172. The molecular weight excluding hydrogens is 550 g/mol. The number of hydrogen-bond acceptors (Lipinski definition) is 4. The van der Waals surface area contributed by atoms with Gasteiger partial charge in [0.25, 0.3) is 0 Å². The van der Waals surface area contributed by atoms with Gasteiger partial charge in [0.05, 0.1) is 6.54 Å². The molecule has 1 unspecified atom stereocenters. The number of alkyl halides is 2. The summed E-state index contributed by atoms with van der Waals surface area (Å²) >= 11 is 3.36. The molecule has 0 aliphatic carbocycles.